The third-order valence-corrected chi connectivity index (χ3v) is 4.94. The molecule has 0 atom stereocenters. The number of aromatic nitrogens is 3. The molecule has 172 valence electrons. The number of ether oxygens (including phenoxy) is 1. The van der Waals surface area contributed by atoms with Crippen molar-refractivity contribution in [3.63, 3.8) is 0 Å². The van der Waals surface area contributed by atoms with Crippen molar-refractivity contribution in [3.8, 4) is 45.7 Å². The minimum absolute atomic E-state index is 0.0135. The monoisotopic (exact) mass is 459 g/mol. The first-order valence-corrected chi connectivity index (χ1v) is 10.2. The van der Waals surface area contributed by atoms with Gasteiger partial charge in [0.05, 0.1) is 30.9 Å². The first-order valence-electron chi connectivity index (χ1n) is 10.2. The van der Waals surface area contributed by atoms with Crippen molar-refractivity contribution >= 4 is 5.97 Å². The van der Waals surface area contributed by atoms with Crippen molar-refractivity contribution in [3.05, 3.63) is 77.9 Å². The van der Waals surface area contributed by atoms with Gasteiger partial charge >= 0.3 is 5.97 Å². The SMILES string of the molecule is COOCc1cc(C(=O)OC)cc(-c2nc(-c3ccccc3O)nc(-c3ccccc3O)n2)c1. The first kappa shape index (κ1) is 22.8. The highest BCUT2D eigenvalue weighted by Crippen LogP contribution is 2.32. The summed E-state index contributed by atoms with van der Waals surface area (Å²) in [4.78, 5) is 35.6. The molecule has 0 amide bonds. The number of esters is 1. The van der Waals surface area contributed by atoms with Crippen LogP contribution in [0.15, 0.2) is 66.7 Å². The minimum Gasteiger partial charge on any atom is -0.507 e. The largest absolute Gasteiger partial charge is 0.507 e. The zero-order valence-electron chi connectivity index (χ0n) is 18.4. The van der Waals surface area contributed by atoms with Crippen LogP contribution in [0.1, 0.15) is 15.9 Å². The third kappa shape index (κ3) is 4.85. The molecular weight excluding hydrogens is 438 g/mol. The number of hydrogen-bond donors (Lipinski definition) is 2. The van der Waals surface area contributed by atoms with Crippen LogP contribution in [-0.4, -0.2) is 45.4 Å². The summed E-state index contributed by atoms with van der Waals surface area (Å²) >= 11 is 0. The van der Waals surface area contributed by atoms with Crippen LogP contribution in [-0.2, 0) is 21.1 Å². The molecule has 0 aliphatic heterocycles. The summed E-state index contributed by atoms with van der Waals surface area (Å²) in [7, 11) is 2.67. The van der Waals surface area contributed by atoms with E-state index in [1.807, 2.05) is 0 Å². The second-order valence-electron chi connectivity index (χ2n) is 7.18. The summed E-state index contributed by atoms with van der Waals surface area (Å²) in [6.07, 6.45) is 0. The van der Waals surface area contributed by atoms with E-state index in [1.54, 1.807) is 54.6 Å². The predicted molar refractivity (Wildman–Crippen MR) is 123 cm³/mol. The second-order valence-corrected chi connectivity index (χ2v) is 7.18. The maximum atomic E-state index is 12.3. The molecule has 2 N–H and O–H groups in total. The van der Waals surface area contributed by atoms with E-state index in [4.69, 9.17) is 9.62 Å². The Bertz CT molecular complexity index is 1280. The molecule has 0 saturated carbocycles. The van der Waals surface area contributed by atoms with Gasteiger partial charge in [-0.2, -0.15) is 0 Å². The average Bonchev–Trinajstić information content (AvgIpc) is 2.87. The van der Waals surface area contributed by atoms with Gasteiger partial charge in [0.1, 0.15) is 18.1 Å². The van der Waals surface area contributed by atoms with Gasteiger partial charge < -0.3 is 14.9 Å². The fourth-order valence-electron chi connectivity index (χ4n) is 3.34. The van der Waals surface area contributed by atoms with Crippen LogP contribution in [0, 0.1) is 0 Å². The molecule has 0 spiro atoms. The van der Waals surface area contributed by atoms with Gasteiger partial charge in [0.25, 0.3) is 0 Å². The van der Waals surface area contributed by atoms with Gasteiger partial charge in [0, 0.05) is 5.56 Å². The number of methoxy groups -OCH3 is 1. The molecule has 3 aromatic carbocycles. The number of carbonyl (C=O) groups excluding carboxylic acids is 1. The van der Waals surface area contributed by atoms with Crippen molar-refractivity contribution in [2.24, 2.45) is 0 Å². The van der Waals surface area contributed by atoms with Crippen LogP contribution in [0.4, 0.5) is 0 Å². The highest BCUT2D eigenvalue weighted by molar-refractivity contribution is 5.91. The Balaban J connectivity index is 1.95. The van der Waals surface area contributed by atoms with Crippen molar-refractivity contribution < 1.29 is 29.5 Å². The first-order chi connectivity index (χ1) is 16.5. The molecule has 34 heavy (non-hydrogen) atoms. The van der Waals surface area contributed by atoms with E-state index in [-0.39, 0.29) is 41.1 Å². The third-order valence-electron chi connectivity index (χ3n) is 4.94. The molecule has 0 bridgehead atoms. The van der Waals surface area contributed by atoms with E-state index in [2.05, 4.69) is 19.8 Å². The van der Waals surface area contributed by atoms with Gasteiger partial charge in [-0.3, -0.25) is 0 Å². The molecule has 0 aliphatic carbocycles. The average molecular weight is 459 g/mol. The number of rotatable bonds is 7. The smallest absolute Gasteiger partial charge is 0.337 e. The summed E-state index contributed by atoms with van der Waals surface area (Å²) < 4.78 is 4.87. The number of carbonyl (C=O) groups is 1. The van der Waals surface area contributed by atoms with Crippen molar-refractivity contribution in [2.45, 2.75) is 6.61 Å². The molecule has 0 radical (unpaired) electrons. The van der Waals surface area contributed by atoms with E-state index in [0.717, 1.165) is 0 Å². The number of phenolic OH excluding ortho intramolecular Hbond substituents is 2. The Hall–Kier alpha value is -4.34. The molecule has 0 fully saturated rings. The van der Waals surface area contributed by atoms with Crippen molar-refractivity contribution in [1.29, 1.82) is 0 Å². The van der Waals surface area contributed by atoms with Gasteiger partial charge in [-0.1, -0.05) is 24.3 Å². The van der Waals surface area contributed by atoms with Crippen LogP contribution in [0.3, 0.4) is 0 Å². The second kappa shape index (κ2) is 10.1. The van der Waals surface area contributed by atoms with Gasteiger partial charge in [0.2, 0.25) is 0 Å². The minimum atomic E-state index is -0.545. The molecule has 9 heteroatoms. The quantitative estimate of drug-likeness (QED) is 0.238. The number of phenols is 2. The molecule has 4 aromatic rings. The Morgan fingerprint density at radius 1 is 0.794 bits per heavy atom. The van der Waals surface area contributed by atoms with E-state index in [1.165, 1.54) is 26.4 Å². The van der Waals surface area contributed by atoms with Crippen LogP contribution in [0.25, 0.3) is 34.2 Å². The molecule has 1 aromatic heterocycles. The van der Waals surface area contributed by atoms with Crippen LogP contribution in [0.2, 0.25) is 0 Å². The summed E-state index contributed by atoms with van der Waals surface area (Å²) in [5.41, 5.74) is 2.13. The molecule has 9 nitrogen and oxygen atoms in total. The Morgan fingerprint density at radius 2 is 1.35 bits per heavy atom. The van der Waals surface area contributed by atoms with Gasteiger partial charge in [-0.05, 0) is 48.0 Å². The van der Waals surface area contributed by atoms with Gasteiger partial charge in [-0.15, -0.1) is 0 Å². The standard InChI is InChI=1S/C25H21N3O6/c1-32-25(31)17-12-15(14-34-33-2)11-16(13-17)22-26-23(18-7-3-5-9-20(18)29)28-24(27-22)19-8-4-6-10-21(19)30/h3-13,29-30H,14H2,1-2H3. The predicted octanol–water partition coefficient (Wildman–Crippen LogP) is 4.15. The molecule has 4 rings (SSSR count). The van der Waals surface area contributed by atoms with E-state index in [0.29, 0.717) is 22.3 Å². The van der Waals surface area contributed by atoms with Gasteiger partial charge in [-0.25, -0.2) is 29.5 Å². The lowest BCUT2D eigenvalue weighted by atomic mass is 10.0. The van der Waals surface area contributed by atoms with Crippen LogP contribution in [0.5, 0.6) is 11.5 Å². The highest BCUT2D eigenvalue weighted by atomic mass is 17.2. The Kier molecular flexibility index (Phi) is 6.77. The number of aromatic hydroxyl groups is 2. The number of para-hydroxylation sites is 2. The number of hydrogen-bond acceptors (Lipinski definition) is 9. The highest BCUT2D eigenvalue weighted by Gasteiger charge is 2.18. The molecule has 0 unspecified atom stereocenters. The summed E-state index contributed by atoms with van der Waals surface area (Å²) in [5, 5.41) is 20.8. The molecule has 0 aliphatic rings. The Labute approximate surface area is 195 Å². The maximum Gasteiger partial charge on any atom is 0.337 e. The zero-order valence-corrected chi connectivity index (χ0v) is 18.4. The summed E-state index contributed by atoms with van der Waals surface area (Å²) in [6, 6.07) is 18.2. The van der Waals surface area contributed by atoms with Gasteiger partial charge in [0.15, 0.2) is 17.5 Å². The van der Waals surface area contributed by atoms with E-state index in [9.17, 15) is 15.0 Å². The zero-order chi connectivity index (χ0) is 24.1. The summed E-state index contributed by atoms with van der Waals surface area (Å²) in [6.45, 7) is 0.0675. The lowest BCUT2D eigenvalue weighted by Gasteiger charge is -2.12. The van der Waals surface area contributed by atoms with E-state index < -0.39 is 5.97 Å². The molecule has 1 heterocycles. The topological polar surface area (TPSA) is 124 Å². The van der Waals surface area contributed by atoms with Crippen LogP contribution >= 0.6 is 0 Å². The fraction of sp³-hybridized carbons (Fsp3) is 0.120. The summed E-state index contributed by atoms with van der Waals surface area (Å²) in [5.74, 6) is 0.0344. The van der Waals surface area contributed by atoms with Crippen LogP contribution < -0.4 is 0 Å². The lowest BCUT2D eigenvalue weighted by Crippen LogP contribution is -2.05. The number of benzene rings is 3. The number of nitrogens with zero attached hydrogens (tertiary/aromatic N) is 3. The van der Waals surface area contributed by atoms with E-state index >= 15 is 0 Å². The molecule has 0 saturated heterocycles. The molecular formula is C25H21N3O6. The lowest BCUT2D eigenvalue weighted by molar-refractivity contribution is -0.282. The Morgan fingerprint density at radius 3 is 1.88 bits per heavy atom. The van der Waals surface area contributed by atoms with Crippen molar-refractivity contribution in [1.82, 2.24) is 15.0 Å². The maximum absolute atomic E-state index is 12.3. The normalized spacial score (nSPS) is 10.8. The fourth-order valence-corrected chi connectivity index (χ4v) is 3.34. The van der Waals surface area contributed by atoms with Crippen molar-refractivity contribution in [2.75, 3.05) is 14.2 Å².